The van der Waals surface area contributed by atoms with Crippen molar-refractivity contribution in [3.63, 3.8) is 0 Å². The second-order valence-corrected chi connectivity index (χ2v) is 7.81. The first-order valence-electron chi connectivity index (χ1n) is 8.03. The second kappa shape index (κ2) is 11.3. The van der Waals surface area contributed by atoms with Gasteiger partial charge in [0, 0.05) is 24.5 Å². The summed E-state index contributed by atoms with van der Waals surface area (Å²) in [5.41, 5.74) is 5.95. The van der Waals surface area contributed by atoms with Gasteiger partial charge >= 0.3 is 0 Å². The van der Waals surface area contributed by atoms with Crippen molar-refractivity contribution in [1.82, 2.24) is 10.2 Å². The Kier molecular flexibility index (Phi) is 10.3. The van der Waals surface area contributed by atoms with Crippen LogP contribution in [0.15, 0.2) is 17.5 Å². The summed E-state index contributed by atoms with van der Waals surface area (Å²) >= 11 is 3.44. The van der Waals surface area contributed by atoms with Gasteiger partial charge in [-0.2, -0.15) is 11.8 Å². The number of thioether (sulfide) groups is 1. The van der Waals surface area contributed by atoms with Gasteiger partial charge in [0.2, 0.25) is 5.91 Å². The van der Waals surface area contributed by atoms with E-state index in [1.54, 1.807) is 23.1 Å². The van der Waals surface area contributed by atoms with Gasteiger partial charge in [0.15, 0.2) is 0 Å². The Bertz CT molecular complexity index is 476. The Labute approximate surface area is 159 Å². The van der Waals surface area contributed by atoms with Crippen LogP contribution in [0, 0.1) is 0 Å². The van der Waals surface area contributed by atoms with E-state index in [1.165, 1.54) is 4.88 Å². The third-order valence-corrected chi connectivity index (χ3v) is 5.64. The Morgan fingerprint density at radius 3 is 3.04 bits per heavy atom. The minimum atomic E-state index is -0.421. The number of carbonyl (C=O) groups excluding carboxylic acids is 1. The smallest absolute Gasteiger partial charge is 0.237 e. The van der Waals surface area contributed by atoms with E-state index >= 15 is 0 Å². The number of morpholine rings is 1. The van der Waals surface area contributed by atoms with E-state index in [2.05, 4.69) is 34.7 Å². The average Bonchev–Trinajstić information content (AvgIpc) is 3.07. The number of carbonyl (C=O) groups is 1. The number of thiophene rings is 1. The number of rotatable bonds is 8. The van der Waals surface area contributed by atoms with Crippen molar-refractivity contribution in [1.29, 1.82) is 0 Å². The van der Waals surface area contributed by atoms with Gasteiger partial charge in [0.05, 0.1) is 24.8 Å². The summed E-state index contributed by atoms with van der Waals surface area (Å²) in [7, 11) is 0. The van der Waals surface area contributed by atoms with Gasteiger partial charge in [-0.15, -0.1) is 23.7 Å². The lowest BCUT2D eigenvalue weighted by Gasteiger charge is -2.37. The van der Waals surface area contributed by atoms with Crippen molar-refractivity contribution >= 4 is 41.4 Å². The molecule has 3 atom stereocenters. The summed E-state index contributed by atoms with van der Waals surface area (Å²) in [6.45, 7) is 5.20. The van der Waals surface area contributed by atoms with Gasteiger partial charge in [0.1, 0.15) is 0 Å². The number of halogens is 1. The molecule has 0 radical (unpaired) electrons. The lowest BCUT2D eigenvalue weighted by Crippen LogP contribution is -2.48. The molecule has 0 aromatic carbocycles. The summed E-state index contributed by atoms with van der Waals surface area (Å²) in [6, 6.07) is 3.96. The van der Waals surface area contributed by atoms with Crippen molar-refractivity contribution in [2.24, 2.45) is 5.73 Å². The van der Waals surface area contributed by atoms with Crippen LogP contribution >= 0.6 is 35.5 Å². The van der Waals surface area contributed by atoms with Crippen molar-refractivity contribution in [2.75, 3.05) is 38.2 Å². The van der Waals surface area contributed by atoms with E-state index in [-0.39, 0.29) is 30.5 Å². The van der Waals surface area contributed by atoms with E-state index in [0.717, 1.165) is 25.4 Å². The minimum absolute atomic E-state index is 0. The second-order valence-electron chi connectivity index (χ2n) is 5.84. The molecule has 1 aromatic rings. The molecule has 1 amide bonds. The molecule has 2 heterocycles. The van der Waals surface area contributed by atoms with E-state index in [0.29, 0.717) is 13.0 Å². The zero-order valence-corrected chi connectivity index (χ0v) is 16.7. The first-order valence-corrected chi connectivity index (χ1v) is 10.3. The molecule has 1 aliphatic rings. The number of nitrogens with one attached hydrogen (secondary N) is 1. The maximum atomic E-state index is 12.2. The third-order valence-electron chi connectivity index (χ3n) is 4.02. The monoisotopic (exact) mass is 393 g/mol. The van der Waals surface area contributed by atoms with Gasteiger partial charge in [0.25, 0.3) is 0 Å². The van der Waals surface area contributed by atoms with Gasteiger partial charge in [-0.3, -0.25) is 9.69 Å². The van der Waals surface area contributed by atoms with Gasteiger partial charge < -0.3 is 15.8 Å². The Hall–Kier alpha value is -0.310. The van der Waals surface area contributed by atoms with Crippen molar-refractivity contribution in [2.45, 2.75) is 31.5 Å². The molecular weight excluding hydrogens is 366 g/mol. The molecule has 0 aliphatic carbocycles. The topological polar surface area (TPSA) is 67.6 Å². The molecule has 1 fully saturated rings. The van der Waals surface area contributed by atoms with E-state index < -0.39 is 6.04 Å². The normalized spacial score (nSPS) is 20.9. The lowest BCUT2D eigenvalue weighted by atomic mass is 10.1. The molecule has 0 spiro atoms. The van der Waals surface area contributed by atoms with Crippen LogP contribution in [0.2, 0.25) is 0 Å². The van der Waals surface area contributed by atoms with Crippen LogP contribution < -0.4 is 11.1 Å². The van der Waals surface area contributed by atoms with Crippen LogP contribution in [0.4, 0.5) is 0 Å². The first kappa shape index (κ1) is 21.7. The van der Waals surface area contributed by atoms with Crippen LogP contribution in [0.3, 0.4) is 0 Å². The molecule has 0 bridgehead atoms. The summed E-state index contributed by atoms with van der Waals surface area (Å²) in [6.07, 6.45) is 2.97. The predicted octanol–water partition coefficient (Wildman–Crippen LogP) is 2.13. The van der Waals surface area contributed by atoms with Gasteiger partial charge in [-0.1, -0.05) is 6.07 Å². The summed E-state index contributed by atoms with van der Waals surface area (Å²) in [4.78, 5) is 15.9. The summed E-state index contributed by atoms with van der Waals surface area (Å²) in [5.74, 6) is 0.853. The maximum Gasteiger partial charge on any atom is 0.237 e. The van der Waals surface area contributed by atoms with Crippen LogP contribution in [0.25, 0.3) is 0 Å². The fraction of sp³-hybridized carbons (Fsp3) is 0.688. The van der Waals surface area contributed by atoms with E-state index in [9.17, 15) is 4.79 Å². The molecule has 24 heavy (non-hydrogen) atoms. The standard InChI is InChI=1S/C16H27N3O2S2.ClH/c1-12-11-19(6-7-21-12)14(15-4-3-8-23-15)10-18-16(20)13(17)5-9-22-2;/h3-4,8,12-14H,5-7,9-11,17H2,1-2H3,(H,18,20);1H. The van der Waals surface area contributed by atoms with Crippen LogP contribution in [-0.2, 0) is 9.53 Å². The zero-order valence-electron chi connectivity index (χ0n) is 14.3. The van der Waals surface area contributed by atoms with E-state index in [1.807, 2.05) is 6.26 Å². The highest BCUT2D eigenvalue weighted by atomic mass is 35.5. The highest BCUT2D eigenvalue weighted by molar-refractivity contribution is 7.98. The lowest BCUT2D eigenvalue weighted by molar-refractivity contribution is -0.122. The van der Waals surface area contributed by atoms with Gasteiger partial charge in [-0.05, 0) is 36.8 Å². The summed E-state index contributed by atoms with van der Waals surface area (Å²) in [5, 5.41) is 5.12. The predicted molar refractivity (Wildman–Crippen MR) is 105 cm³/mol. The molecule has 1 saturated heterocycles. The fourth-order valence-electron chi connectivity index (χ4n) is 2.72. The summed E-state index contributed by atoms with van der Waals surface area (Å²) < 4.78 is 5.64. The molecule has 5 nitrogen and oxygen atoms in total. The average molecular weight is 394 g/mol. The van der Waals surface area contributed by atoms with Crippen molar-refractivity contribution in [3.05, 3.63) is 22.4 Å². The number of hydrogen-bond donors (Lipinski definition) is 2. The molecule has 3 N–H and O–H groups in total. The number of nitrogens with two attached hydrogens (primary N) is 1. The first-order chi connectivity index (χ1) is 11.1. The largest absolute Gasteiger partial charge is 0.376 e. The van der Waals surface area contributed by atoms with Crippen LogP contribution in [-0.4, -0.2) is 61.2 Å². The number of ether oxygens (including phenoxy) is 1. The number of nitrogens with zero attached hydrogens (tertiary/aromatic N) is 1. The van der Waals surface area contributed by atoms with Crippen molar-refractivity contribution < 1.29 is 9.53 Å². The molecule has 138 valence electrons. The fourth-order valence-corrected chi connectivity index (χ4v) is 4.07. The molecule has 8 heteroatoms. The molecule has 3 unspecified atom stereocenters. The highest BCUT2D eigenvalue weighted by Crippen LogP contribution is 2.26. The molecule has 2 rings (SSSR count). The third kappa shape index (κ3) is 6.54. The number of amides is 1. The number of hydrogen-bond acceptors (Lipinski definition) is 6. The zero-order chi connectivity index (χ0) is 16.7. The Morgan fingerprint density at radius 1 is 1.62 bits per heavy atom. The Morgan fingerprint density at radius 2 is 2.42 bits per heavy atom. The van der Waals surface area contributed by atoms with Crippen LogP contribution in [0.5, 0.6) is 0 Å². The maximum absolute atomic E-state index is 12.2. The SMILES string of the molecule is CSCCC(N)C(=O)NCC(c1cccs1)N1CCOC(C)C1.Cl. The molecular formula is C16H28ClN3O2S2. The van der Waals surface area contributed by atoms with Gasteiger partial charge in [-0.25, -0.2) is 0 Å². The van der Waals surface area contributed by atoms with Crippen LogP contribution in [0.1, 0.15) is 24.3 Å². The quantitative estimate of drug-likeness (QED) is 0.708. The minimum Gasteiger partial charge on any atom is -0.376 e. The Balaban J connectivity index is 0.00000288. The van der Waals surface area contributed by atoms with E-state index in [4.69, 9.17) is 10.5 Å². The molecule has 1 aromatic heterocycles. The molecule has 0 saturated carbocycles. The highest BCUT2D eigenvalue weighted by Gasteiger charge is 2.27. The molecule has 1 aliphatic heterocycles. The van der Waals surface area contributed by atoms with Crippen molar-refractivity contribution in [3.8, 4) is 0 Å².